The fraction of sp³-hybridized carbons (Fsp3) is 0.615. The minimum absolute atomic E-state index is 0.0178. The highest BCUT2D eigenvalue weighted by Crippen LogP contribution is 2.35. The summed E-state index contributed by atoms with van der Waals surface area (Å²) in [7, 11) is 1.80. The van der Waals surface area contributed by atoms with E-state index in [0.29, 0.717) is 5.82 Å². The maximum Gasteiger partial charge on any atom is 0.254 e. The van der Waals surface area contributed by atoms with Gasteiger partial charge in [0.15, 0.2) is 5.82 Å². The third-order valence-electron chi connectivity index (χ3n) is 4.16. The van der Waals surface area contributed by atoms with Crippen molar-refractivity contribution in [3.05, 3.63) is 12.3 Å². The predicted octanol–water partition coefficient (Wildman–Crippen LogP) is 0.584. The van der Waals surface area contributed by atoms with Crippen molar-refractivity contribution in [3.63, 3.8) is 0 Å². The van der Waals surface area contributed by atoms with Crippen molar-refractivity contribution in [3.8, 4) is 0 Å². The zero-order valence-corrected chi connectivity index (χ0v) is 11.2. The van der Waals surface area contributed by atoms with E-state index in [1.807, 2.05) is 0 Å². The van der Waals surface area contributed by atoms with Crippen LogP contribution in [0.1, 0.15) is 32.6 Å². The summed E-state index contributed by atoms with van der Waals surface area (Å²) in [6.07, 6.45) is 5.21. The van der Waals surface area contributed by atoms with Crippen molar-refractivity contribution in [1.29, 1.82) is 0 Å². The van der Waals surface area contributed by atoms with Gasteiger partial charge < -0.3 is 5.32 Å². The highest BCUT2D eigenvalue weighted by atomic mass is 16.2. The molecule has 0 radical (unpaired) electrons. The largest absolute Gasteiger partial charge is 0.340 e. The van der Waals surface area contributed by atoms with Gasteiger partial charge in [0.2, 0.25) is 5.91 Å². The molecule has 1 aromatic heterocycles. The first kappa shape index (κ1) is 12.2. The molecule has 2 aliphatic rings. The summed E-state index contributed by atoms with van der Waals surface area (Å²) in [5.74, 6) is 0.448. The van der Waals surface area contributed by atoms with Crippen molar-refractivity contribution in [2.75, 3.05) is 4.90 Å². The fourth-order valence-corrected chi connectivity index (χ4v) is 3.07. The maximum atomic E-state index is 12.8. The van der Waals surface area contributed by atoms with Gasteiger partial charge >= 0.3 is 0 Å². The molecule has 1 unspecified atom stereocenters. The lowest BCUT2D eigenvalue weighted by Gasteiger charge is -2.42. The molecule has 0 aromatic carbocycles. The zero-order chi connectivity index (χ0) is 13.6. The number of carbonyl (C=O) groups excluding carboxylic acids is 2. The van der Waals surface area contributed by atoms with E-state index in [0.717, 1.165) is 25.7 Å². The summed E-state index contributed by atoms with van der Waals surface area (Å²) < 4.78 is 1.64. The van der Waals surface area contributed by atoms with Crippen LogP contribution in [0.25, 0.3) is 0 Å². The number of rotatable bonds is 1. The third-order valence-corrected chi connectivity index (χ3v) is 4.16. The molecular formula is C13H18N4O2. The van der Waals surface area contributed by atoms with Crippen molar-refractivity contribution in [2.45, 2.75) is 44.2 Å². The van der Waals surface area contributed by atoms with E-state index in [1.54, 1.807) is 35.8 Å². The lowest BCUT2D eigenvalue weighted by atomic mass is 9.91. The first-order valence-electron chi connectivity index (χ1n) is 6.69. The number of amides is 2. The number of hydrogen-bond donors (Lipinski definition) is 1. The zero-order valence-electron chi connectivity index (χ0n) is 11.2. The van der Waals surface area contributed by atoms with Gasteiger partial charge in [-0.05, 0) is 19.8 Å². The number of nitrogens with one attached hydrogen (secondary N) is 1. The van der Waals surface area contributed by atoms with E-state index in [9.17, 15) is 9.59 Å². The van der Waals surface area contributed by atoms with Crippen LogP contribution < -0.4 is 10.2 Å². The molecule has 1 spiro atoms. The Balaban J connectivity index is 2.01. The SMILES string of the molecule is CC1C(=O)NC2(CCCC2)C(=O)N1c1ccn(C)n1. The lowest BCUT2D eigenvalue weighted by Crippen LogP contribution is -2.69. The standard InChI is InChI=1S/C13H18N4O2/c1-9-11(18)14-13(6-3-4-7-13)12(19)17(9)10-5-8-16(2)15-10/h5,8-9H,3-4,6-7H2,1-2H3,(H,14,18). The molecule has 1 saturated heterocycles. The Morgan fingerprint density at radius 3 is 2.63 bits per heavy atom. The van der Waals surface area contributed by atoms with Crippen LogP contribution in [0, 0.1) is 0 Å². The number of carbonyl (C=O) groups is 2. The van der Waals surface area contributed by atoms with Crippen LogP contribution in [0.2, 0.25) is 0 Å². The van der Waals surface area contributed by atoms with Crippen molar-refractivity contribution in [1.82, 2.24) is 15.1 Å². The number of aromatic nitrogens is 2. The second kappa shape index (κ2) is 4.08. The summed E-state index contributed by atoms with van der Waals surface area (Å²) in [5.41, 5.74) is -0.693. The average Bonchev–Trinajstić information content (AvgIpc) is 2.98. The molecule has 2 fully saturated rings. The molecule has 102 valence electrons. The van der Waals surface area contributed by atoms with E-state index >= 15 is 0 Å². The minimum atomic E-state index is -0.693. The van der Waals surface area contributed by atoms with Gasteiger partial charge in [-0.1, -0.05) is 12.8 Å². The molecule has 1 aliphatic heterocycles. The molecule has 3 rings (SSSR count). The smallest absolute Gasteiger partial charge is 0.254 e. The highest BCUT2D eigenvalue weighted by molar-refractivity contribution is 6.10. The predicted molar refractivity (Wildman–Crippen MR) is 69.5 cm³/mol. The van der Waals surface area contributed by atoms with Gasteiger partial charge in [0, 0.05) is 19.3 Å². The van der Waals surface area contributed by atoms with Gasteiger partial charge in [-0.2, -0.15) is 5.10 Å². The summed E-state index contributed by atoms with van der Waals surface area (Å²) in [5, 5.41) is 7.20. The van der Waals surface area contributed by atoms with Gasteiger partial charge in [0.05, 0.1) is 0 Å². The number of hydrogen-bond acceptors (Lipinski definition) is 3. The van der Waals surface area contributed by atoms with E-state index in [1.165, 1.54) is 0 Å². The van der Waals surface area contributed by atoms with Crippen molar-refractivity contribution < 1.29 is 9.59 Å². The molecule has 6 heteroatoms. The van der Waals surface area contributed by atoms with E-state index in [2.05, 4.69) is 10.4 Å². The first-order chi connectivity index (χ1) is 9.03. The number of anilines is 1. The normalized spacial score (nSPS) is 26.0. The Hall–Kier alpha value is -1.85. The van der Waals surface area contributed by atoms with E-state index in [-0.39, 0.29) is 11.8 Å². The van der Waals surface area contributed by atoms with Gasteiger partial charge in [0.1, 0.15) is 11.6 Å². The molecule has 1 saturated carbocycles. The second-order valence-electron chi connectivity index (χ2n) is 5.48. The Bertz CT molecular complexity index is 531. The molecule has 1 N–H and O–H groups in total. The van der Waals surface area contributed by atoms with Gasteiger partial charge in [0.25, 0.3) is 5.91 Å². The van der Waals surface area contributed by atoms with Crippen LogP contribution in [0.5, 0.6) is 0 Å². The topological polar surface area (TPSA) is 67.2 Å². The summed E-state index contributed by atoms with van der Waals surface area (Å²) >= 11 is 0. The molecule has 19 heavy (non-hydrogen) atoms. The van der Waals surface area contributed by atoms with E-state index < -0.39 is 11.6 Å². The van der Waals surface area contributed by atoms with Crippen molar-refractivity contribution in [2.24, 2.45) is 7.05 Å². The second-order valence-corrected chi connectivity index (χ2v) is 5.48. The Kier molecular flexibility index (Phi) is 2.62. The fourth-order valence-electron chi connectivity index (χ4n) is 3.07. The van der Waals surface area contributed by atoms with Gasteiger partial charge in [-0.15, -0.1) is 0 Å². The highest BCUT2D eigenvalue weighted by Gasteiger charge is 2.51. The van der Waals surface area contributed by atoms with E-state index in [4.69, 9.17) is 0 Å². The summed E-state index contributed by atoms with van der Waals surface area (Å²) in [6, 6.07) is 1.27. The lowest BCUT2D eigenvalue weighted by molar-refractivity contribution is -0.137. The van der Waals surface area contributed by atoms with Crippen LogP contribution in [-0.2, 0) is 16.6 Å². The Morgan fingerprint density at radius 1 is 1.37 bits per heavy atom. The molecule has 1 atom stereocenters. The maximum absolute atomic E-state index is 12.8. The number of nitrogens with zero attached hydrogens (tertiary/aromatic N) is 3. The summed E-state index contributed by atoms with van der Waals surface area (Å²) in [6.45, 7) is 1.74. The Morgan fingerprint density at radius 2 is 2.05 bits per heavy atom. The quantitative estimate of drug-likeness (QED) is 0.805. The number of piperazine rings is 1. The van der Waals surface area contributed by atoms with Crippen LogP contribution in [0.3, 0.4) is 0 Å². The van der Waals surface area contributed by atoms with Crippen LogP contribution in [-0.4, -0.2) is 33.2 Å². The molecule has 6 nitrogen and oxygen atoms in total. The summed E-state index contributed by atoms with van der Waals surface area (Å²) in [4.78, 5) is 26.5. The first-order valence-corrected chi connectivity index (χ1v) is 6.69. The Labute approximate surface area is 111 Å². The molecule has 1 aromatic rings. The molecule has 2 amide bonds. The molecule has 2 heterocycles. The van der Waals surface area contributed by atoms with Crippen LogP contribution >= 0.6 is 0 Å². The van der Waals surface area contributed by atoms with Gasteiger partial charge in [-0.3, -0.25) is 19.2 Å². The average molecular weight is 262 g/mol. The third kappa shape index (κ3) is 1.74. The van der Waals surface area contributed by atoms with Crippen LogP contribution in [0.15, 0.2) is 12.3 Å². The minimum Gasteiger partial charge on any atom is -0.340 e. The van der Waals surface area contributed by atoms with Gasteiger partial charge in [-0.25, -0.2) is 0 Å². The molecule has 1 aliphatic carbocycles. The van der Waals surface area contributed by atoms with Crippen molar-refractivity contribution >= 4 is 17.6 Å². The number of aryl methyl sites for hydroxylation is 1. The van der Waals surface area contributed by atoms with Crippen LogP contribution in [0.4, 0.5) is 5.82 Å². The monoisotopic (exact) mass is 262 g/mol. The molecular weight excluding hydrogens is 244 g/mol. The molecule has 0 bridgehead atoms.